The standard InChI is InChI=1S/C19H24N4O3S/c20-27(25,26)18-8-4-7-17(12-18)22-19(24)21-13-15-5-3-6-16(11-15)14-23-9-1-2-10-23/h3-8,11-12H,1-2,9-10,13-14H2,(H2,20,25,26)(H2,21,22,24). The smallest absolute Gasteiger partial charge is 0.319 e. The molecule has 0 aliphatic carbocycles. The van der Waals surface area contributed by atoms with Gasteiger partial charge in [-0.3, -0.25) is 4.90 Å². The van der Waals surface area contributed by atoms with Gasteiger partial charge >= 0.3 is 6.03 Å². The van der Waals surface area contributed by atoms with E-state index in [1.165, 1.54) is 36.6 Å². The third-order valence-electron chi connectivity index (χ3n) is 4.47. The number of nitrogens with zero attached hydrogens (tertiary/aromatic N) is 1. The minimum Gasteiger partial charge on any atom is -0.334 e. The number of carbonyl (C=O) groups excluding carboxylic acids is 1. The van der Waals surface area contributed by atoms with Crippen molar-refractivity contribution in [3.8, 4) is 0 Å². The summed E-state index contributed by atoms with van der Waals surface area (Å²) in [7, 11) is -3.81. The van der Waals surface area contributed by atoms with Gasteiger partial charge in [0.1, 0.15) is 0 Å². The molecule has 7 nitrogen and oxygen atoms in total. The van der Waals surface area contributed by atoms with E-state index in [1.54, 1.807) is 6.07 Å². The van der Waals surface area contributed by atoms with Gasteiger partial charge in [0.2, 0.25) is 10.0 Å². The monoisotopic (exact) mass is 388 g/mol. The maximum absolute atomic E-state index is 12.1. The largest absolute Gasteiger partial charge is 0.334 e. The Morgan fingerprint density at radius 2 is 1.74 bits per heavy atom. The predicted molar refractivity (Wildman–Crippen MR) is 105 cm³/mol. The zero-order valence-electron chi connectivity index (χ0n) is 15.0. The van der Waals surface area contributed by atoms with Crippen LogP contribution in [0.1, 0.15) is 24.0 Å². The van der Waals surface area contributed by atoms with Gasteiger partial charge in [0.05, 0.1) is 4.90 Å². The number of likely N-dealkylation sites (tertiary alicyclic amines) is 1. The molecule has 8 heteroatoms. The van der Waals surface area contributed by atoms with Crippen molar-refractivity contribution in [1.29, 1.82) is 0 Å². The van der Waals surface area contributed by atoms with Crippen molar-refractivity contribution in [3.63, 3.8) is 0 Å². The maximum Gasteiger partial charge on any atom is 0.319 e. The Hall–Kier alpha value is -2.42. The summed E-state index contributed by atoms with van der Waals surface area (Å²) in [5.41, 5.74) is 2.61. The molecular weight excluding hydrogens is 364 g/mol. The zero-order valence-corrected chi connectivity index (χ0v) is 15.8. The van der Waals surface area contributed by atoms with Gasteiger partial charge in [-0.1, -0.05) is 30.3 Å². The molecule has 1 saturated heterocycles. The van der Waals surface area contributed by atoms with Crippen LogP contribution in [0.25, 0.3) is 0 Å². The highest BCUT2D eigenvalue weighted by Gasteiger charge is 2.12. The molecule has 0 bridgehead atoms. The first-order valence-corrected chi connectivity index (χ1v) is 10.4. The van der Waals surface area contributed by atoms with Crippen molar-refractivity contribution < 1.29 is 13.2 Å². The Morgan fingerprint density at radius 1 is 1.04 bits per heavy atom. The van der Waals surface area contributed by atoms with Crippen LogP contribution in [0.4, 0.5) is 10.5 Å². The van der Waals surface area contributed by atoms with Crippen molar-refractivity contribution in [2.75, 3.05) is 18.4 Å². The average Bonchev–Trinajstić information content (AvgIpc) is 3.13. The van der Waals surface area contributed by atoms with E-state index in [2.05, 4.69) is 27.7 Å². The Bertz CT molecular complexity index is 909. The second-order valence-corrected chi connectivity index (χ2v) is 8.25. The molecule has 144 valence electrons. The van der Waals surface area contributed by atoms with Crippen LogP contribution >= 0.6 is 0 Å². The molecular formula is C19H24N4O3S. The van der Waals surface area contributed by atoms with Gasteiger partial charge in [-0.15, -0.1) is 0 Å². The molecule has 2 aromatic carbocycles. The fourth-order valence-corrected chi connectivity index (χ4v) is 3.70. The number of benzene rings is 2. The number of rotatable bonds is 6. The third kappa shape index (κ3) is 5.78. The van der Waals surface area contributed by atoms with E-state index < -0.39 is 16.1 Å². The first-order valence-electron chi connectivity index (χ1n) is 8.88. The lowest BCUT2D eigenvalue weighted by atomic mass is 10.1. The lowest BCUT2D eigenvalue weighted by Gasteiger charge is -2.15. The molecule has 1 aliphatic rings. The second-order valence-electron chi connectivity index (χ2n) is 6.68. The molecule has 27 heavy (non-hydrogen) atoms. The molecule has 0 aromatic heterocycles. The van der Waals surface area contributed by atoms with E-state index in [-0.39, 0.29) is 4.90 Å². The SMILES string of the molecule is NS(=O)(=O)c1cccc(NC(=O)NCc2cccc(CN3CCCC3)c2)c1. The normalized spacial score (nSPS) is 14.9. The number of nitrogens with two attached hydrogens (primary N) is 1. The van der Waals surface area contributed by atoms with E-state index in [9.17, 15) is 13.2 Å². The molecule has 2 aromatic rings. The summed E-state index contributed by atoms with van der Waals surface area (Å²) in [4.78, 5) is 14.5. The molecule has 1 aliphatic heterocycles. The minimum absolute atomic E-state index is 0.0464. The molecule has 0 saturated carbocycles. The minimum atomic E-state index is -3.81. The van der Waals surface area contributed by atoms with Crippen molar-refractivity contribution >= 4 is 21.7 Å². The van der Waals surface area contributed by atoms with Crippen LogP contribution in [0.3, 0.4) is 0 Å². The summed E-state index contributed by atoms with van der Waals surface area (Å²) in [5, 5.41) is 10.5. The topological polar surface area (TPSA) is 105 Å². The Kier molecular flexibility index (Phi) is 6.10. The van der Waals surface area contributed by atoms with E-state index in [1.807, 2.05) is 12.1 Å². The van der Waals surface area contributed by atoms with Crippen LogP contribution in [-0.2, 0) is 23.1 Å². The molecule has 0 spiro atoms. The van der Waals surface area contributed by atoms with Gasteiger partial charge in [-0.2, -0.15) is 0 Å². The molecule has 0 radical (unpaired) electrons. The summed E-state index contributed by atoms with van der Waals surface area (Å²) < 4.78 is 22.8. The van der Waals surface area contributed by atoms with Crippen LogP contribution in [-0.4, -0.2) is 32.4 Å². The lowest BCUT2D eigenvalue weighted by molar-refractivity contribution is 0.251. The van der Waals surface area contributed by atoms with Crippen molar-refractivity contribution in [2.45, 2.75) is 30.8 Å². The van der Waals surface area contributed by atoms with Gasteiger partial charge in [-0.25, -0.2) is 18.4 Å². The van der Waals surface area contributed by atoms with Gasteiger partial charge in [0, 0.05) is 18.8 Å². The van der Waals surface area contributed by atoms with Crippen LogP contribution in [0, 0.1) is 0 Å². The fraction of sp³-hybridized carbons (Fsp3) is 0.316. The van der Waals surface area contributed by atoms with E-state index in [0.717, 1.165) is 25.2 Å². The zero-order chi connectivity index (χ0) is 19.3. The molecule has 0 unspecified atom stereocenters. The summed E-state index contributed by atoms with van der Waals surface area (Å²) in [5.74, 6) is 0. The highest BCUT2D eigenvalue weighted by Crippen LogP contribution is 2.15. The van der Waals surface area contributed by atoms with Crippen LogP contribution in [0.5, 0.6) is 0 Å². The van der Waals surface area contributed by atoms with Crippen LogP contribution in [0.15, 0.2) is 53.4 Å². The van der Waals surface area contributed by atoms with Gasteiger partial charge in [0.15, 0.2) is 0 Å². The second kappa shape index (κ2) is 8.51. The first-order chi connectivity index (χ1) is 12.9. The Labute approximate surface area is 159 Å². The molecule has 1 heterocycles. The van der Waals surface area contributed by atoms with Crippen LogP contribution in [0.2, 0.25) is 0 Å². The summed E-state index contributed by atoms with van der Waals surface area (Å²) >= 11 is 0. The van der Waals surface area contributed by atoms with E-state index in [0.29, 0.717) is 12.2 Å². The van der Waals surface area contributed by atoms with E-state index in [4.69, 9.17) is 5.14 Å². The molecule has 0 atom stereocenters. The fourth-order valence-electron chi connectivity index (χ4n) is 3.15. The number of anilines is 1. The summed E-state index contributed by atoms with van der Waals surface area (Å²) in [6, 6.07) is 13.6. The number of carbonyl (C=O) groups is 1. The highest BCUT2D eigenvalue weighted by atomic mass is 32.2. The molecule has 3 rings (SSSR count). The Morgan fingerprint density at radius 3 is 2.48 bits per heavy atom. The number of hydrogen-bond donors (Lipinski definition) is 3. The predicted octanol–water partition coefficient (Wildman–Crippen LogP) is 2.25. The highest BCUT2D eigenvalue weighted by molar-refractivity contribution is 7.89. The number of urea groups is 1. The van der Waals surface area contributed by atoms with Gasteiger partial charge < -0.3 is 10.6 Å². The number of hydrogen-bond acceptors (Lipinski definition) is 4. The average molecular weight is 388 g/mol. The summed E-state index contributed by atoms with van der Waals surface area (Å²) in [6.07, 6.45) is 2.52. The third-order valence-corrected chi connectivity index (χ3v) is 5.38. The maximum atomic E-state index is 12.1. The molecule has 2 amide bonds. The molecule has 1 fully saturated rings. The van der Waals surface area contributed by atoms with Crippen molar-refractivity contribution in [2.24, 2.45) is 5.14 Å². The number of amides is 2. The van der Waals surface area contributed by atoms with E-state index >= 15 is 0 Å². The lowest BCUT2D eigenvalue weighted by Crippen LogP contribution is -2.28. The van der Waals surface area contributed by atoms with Gasteiger partial charge in [0.25, 0.3) is 0 Å². The number of primary sulfonamides is 1. The molecule has 4 N–H and O–H groups in total. The van der Waals surface area contributed by atoms with Crippen LogP contribution < -0.4 is 15.8 Å². The quantitative estimate of drug-likeness (QED) is 0.706. The number of sulfonamides is 1. The van der Waals surface area contributed by atoms with Gasteiger partial charge in [-0.05, 0) is 55.3 Å². The number of nitrogens with one attached hydrogen (secondary N) is 2. The summed E-state index contributed by atoms with van der Waals surface area (Å²) in [6.45, 7) is 3.60. The first kappa shape index (κ1) is 19.3. The van der Waals surface area contributed by atoms with Crippen molar-refractivity contribution in [1.82, 2.24) is 10.2 Å². The Balaban J connectivity index is 1.55. The van der Waals surface area contributed by atoms with Crippen molar-refractivity contribution in [3.05, 3.63) is 59.7 Å².